The summed E-state index contributed by atoms with van der Waals surface area (Å²) in [6.07, 6.45) is 6.50. The van der Waals surface area contributed by atoms with Crippen molar-refractivity contribution in [3.63, 3.8) is 0 Å². The van der Waals surface area contributed by atoms with Crippen molar-refractivity contribution in [2.45, 2.75) is 51.9 Å². The molecule has 6 heteroatoms. The van der Waals surface area contributed by atoms with Gasteiger partial charge in [-0.3, -0.25) is 14.4 Å². The van der Waals surface area contributed by atoms with Gasteiger partial charge in [0.1, 0.15) is 0 Å². The highest BCUT2D eigenvalue weighted by Gasteiger charge is 2.24. The Morgan fingerprint density at radius 2 is 1.77 bits per heavy atom. The predicted octanol–water partition coefficient (Wildman–Crippen LogP) is 3.07. The Morgan fingerprint density at radius 3 is 2.46 bits per heavy atom. The minimum atomic E-state index is -0.206. The molecule has 1 saturated carbocycles. The van der Waals surface area contributed by atoms with Gasteiger partial charge in [-0.15, -0.1) is 0 Å². The van der Waals surface area contributed by atoms with Gasteiger partial charge in [0.25, 0.3) is 0 Å². The Morgan fingerprint density at radius 1 is 1.08 bits per heavy atom. The van der Waals surface area contributed by atoms with E-state index in [1.165, 1.54) is 0 Å². The van der Waals surface area contributed by atoms with E-state index in [0.29, 0.717) is 18.7 Å². The number of carbonyl (C=O) groups excluding carboxylic acids is 3. The predicted molar refractivity (Wildman–Crippen MR) is 101 cm³/mol. The van der Waals surface area contributed by atoms with Crippen LogP contribution in [0.3, 0.4) is 0 Å². The maximum Gasteiger partial charge on any atom is 0.244 e. The van der Waals surface area contributed by atoms with Crippen LogP contribution in [0, 0.1) is 12.8 Å². The van der Waals surface area contributed by atoms with Crippen molar-refractivity contribution in [2.24, 2.45) is 5.92 Å². The third-order valence-electron chi connectivity index (χ3n) is 5.35. The summed E-state index contributed by atoms with van der Waals surface area (Å²) < 4.78 is 0. The molecule has 1 heterocycles. The van der Waals surface area contributed by atoms with E-state index in [2.05, 4.69) is 10.6 Å². The largest absolute Gasteiger partial charge is 0.333 e. The van der Waals surface area contributed by atoms with Gasteiger partial charge in [0.2, 0.25) is 17.7 Å². The molecular formula is C20H27N3O3. The van der Waals surface area contributed by atoms with Crippen LogP contribution in [0.25, 0.3) is 0 Å². The first-order valence-corrected chi connectivity index (χ1v) is 9.52. The molecule has 140 valence electrons. The average Bonchev–Trinajstić information content (AvgIpc) is 3.15. The van der Waals surface area contributed by atoms with Crippen LogP contribution in [0.2, 0.25) is 0 Å². The molecule has 0 spiro atoms. The zero-order chi connectivity index (χ0) is 18.5. The maximum absolute atomic E-state index is 12.4. The number of hydrogen-bond donors (Lipinski definition) is 2. The van der Waals surface area contributed by atoms with Gasteiger partial charge in [-0.1, -0.05) is 18.9 Å². The highest BCUT2D eigenvalue weighted by molar-refractivity contribution is 5.98. The number of carbonyl (C=O) groups is 3. The topological polar surface area (TPSA) is 78.5 Å². The fourth-order valence-corrected chi connectivity index (χ4v) is 3.72. The quantitative estimate of drug-likeness (QED) is 0.850. The number of amides is 3. The fourth-order valence-electron chi connectivity index (χ4n) is 3.72. The zero-order valence-electron chi connectivity index (χ0n) is 15.3. The van der Waals surface area contributed by atoms with Gasteiger partial charge < -0.3 is 15.5 Å². The Kier molecular flexibility index (Phi) is 5.91. The third-order valence-corrected chi connectivity index (χ3v) is 5.35. The molecule has 1 aromatic carbocycles. The van der Waals surface area contributed by atoms with Crippen LogP contribution in [-0.2, 0) is 14.4 Å². The Labute approximate surface area is 154 Å². The van der Waals surface area contributed by atoms with E-state index in [9.17, 15) is 14.4 Å². The molecule has 0 radical (unpaired) electrons. The monoisotopic (exact) mass is 357 g/mol. The SMILES string of the molecule is Cc1c(NC(=O)CN2CCCCC2=O)cccc1NC(=O)C1CCCC1. The van der Waals surface area contributed by atoms with Crippen LogP contribution < -0.4 is 10.6 Å². The lowest BCUT2D eigenvalue weighted by atomic mass is 10.1. The normalized spacial score (nSPS) is 18.0. The molecule has 1 aliphatic carbocycles. The highest BCUT2D eigenvalue weighted by atomic mass is 16.2. The van der Waals surface area contributed by atoms with Crippen molar-refractivity contribution in [1.82, 2.24) is 4.90 Å². The summed E-state index contributed by atoms with van der Waals surface area (Å²) in [6, 6.07) is 5.49. The number of anilines is 2. The molecular weight excluding hydrogens is 330 g/mol. The van der Waals surface area contributed by atoms with Crippen molar-refractivity contribution in [3.8, 4) is 0 Å². The van der Waals surface area contributed by atoms with Crippen molar-refractivity contribution in [3.05, 3.63) is 23.8 Å². The second-order valence-corrected chi connectivity index (χ2v) is 7.27. The van der Waals surface area contributed by atoms with Gasteiger partial charge in [0, 0.05) is 30.3 Å². The van der Waals surface area contributed by atoms with Crippen LogP contribution >= 0.6 is 0 Å². The molecule has 6 nitrogen and oxygen atoms in total. The van der Waals surface area contributed by atoms with Crippen molar-refractivity contribution in [1.29, 1.82) is 0 Å². The molecule has 3 amide bonds. The molecule has 1 saturated heterocycles. The van der Waals surface area contributed by atoms with Crippen molar-refractivity contribution >= 4 is 29.1 Å². The lowest BCUT2D eigenvalue weighted by Gasteiger charge is -2.26. The van der Waals surface area contributed by atoms with Crippen molar-refractivity contribution < 1.29 is 14.4 Å². The molecule has 0 aromatic heterocycles. The van der Waals surface area contributed by atoms with E-state index in [4.69, 9.17) is 0 Å². The summed E-state index contributed by atoms with van der Waals surface area (Å²) >= 11 is 0. The molecule has 0 unspecified atom stereocenters. The van der Waals surface area contributed by atoms with Crippen LogP contribution in [0.5, 0.6) is 0 Å². The molecule has 1 aliphatic heterocycles. The molecule has 1 aromatic rings. The van der Waals surface area contributed by atoms with Crippen LogP contribution in [0.15, 0.2) is 18.2 Å². The number of nitrogens with one attached hydrogen (secondary N) is 2. The second-order valence-electron chi connectivity index (χ2n) is 7.27. The fraction of sp³-hybridized carbons (Fsp3) is 0.550. The van der Waals surface area contributed by atoms with Gasteiger partial charge in [0.15, 0.2) is 0 Å². The molecule has 26 heavy (non-hydrogen) atoms. The maximum atomic E-state index is 12.4. The van der Waals surface area contributed by atoms with Gasteiger partial charge in [-0.05, 0) is 50.3 Å². The van der Waals surface area contributed by atoms with E-state index in [1.54, 1.807) is 4.90 Å². The molecule has 2 fully saturated rings. The summed E-state index contributed by atoms with van der Waals surface area (Å²) in [5.74, 6) is -0.00549. The van der Waals surface area contributed by atoms with Gasteiger partial charge in [-0.2, -0.15) is 0 Å². The average molecular weight is 357 g/mol. The second kappa shape index (κ2) is 8.34. The third kappa shape index (κ3) is 4.42. The molecule has 2 N–H and O–H groups in total. The summed E-state index contributed by atoms with van der Waals surface area (Å²) in [5, 5.41) is 5.88. The Balaban J connectivity index is 1.61. The lowest BCUT2D eigenvalue weighted by Crippen LogP contribution is -2.40. The smallest absolute Gasteiger partial charge is 0.244 e. The minimum absolute atomic E-state index is 0.0423. The summed E-state index contributed by atoms with van der Waals surface area (Å²) in [5.41, 5.74) is 2.23. The molecule has 0 atom stereocenters. The molecule has 2 aliphatic rings. The van der Waals surface area contributed by atoms with E-state index in [0.717, 1.165) is 49.8 Å². The van der Waals surface area contributed by atoms with Gasteiger partial charge in [0.05, 0.1) is 6.54 Å². The minimum Gasteiger partial charge on any atom is -0.333 e. The summed E-state index contributed by atoms with van der Waals surface area (Å²) in [7, 11) is 0. The lowest BCUT2D eigenvalue weighted by molar-refractivity contribution is -0.136. The first-order valence-electron chi connectivity index (χ1n) is 9.52. The van der Waals surface area contributed by atoms with Gasteiger partial charge >= 0.3 is 0 Å². The highest BCUT2D eigenvalue weighted by Crippen LogP contribution is 2.28. The van der Waals surface area contributed by atoms with Crippen molar-refractivity contribution in [2.75, 3.05) is 23.7 Å². The first-order chi connectivity index (χ1) is 12.5. The number of hydrogen-bond acceptors (Lipinski definition) is 3. The summed E-state index contributed by atoms with van der Waals surface area (Å²) in [4.78, 5) is 38.1. The van der Waals surface area contributed by atoms with E-state index in [1.807, 2.05) is 25.1 Å². The van der Waals surface area contributed by atoms with E-state index >= 15 is 0 Å². The number of likely N-dealkylation sites (tertiary alicyclic amines) is 1. The molecule has 0 bridgehead atoms. The Hall–Kier alpha value is -2.37. The number of benzene rings is 1. The van der Waals surface area contributed by atoms with Crippen LogP contribution in [0.4, 0.5) is 11.4 Å². The standard InChI is InChI=1S/C20H27N3O3/c1-14-16(21-18(24)13-23-12-5-4-11-19(23)25)9-6-10-17(14)22-20(26)15-7-2-3-8-15/h6,9-10,15H,2-5,7-8,11-13H2,1H3,(H,21,24)(H,22,26). The number of rotatable bonds is 5. The number of nitrogens with zero attached hydrogens (tertiary/aromatic N) is 1. The summed E-state index contributed by atoms with van der Waals surface area (Å²) in [6.45, 7) is 2.60. The Bertz CT molecular complexity index is 696. The zero-order valence-corrected chi connectivity index (χ0v) is 15.3. The number of piperidine rings is 1. The van der Waals surface area contributed by atoms with Crippen LogP contribution in [-0.4, -0.2) is 35.7 Å². The van der Waals surface area contributed by atoms with Crippen LogP contribution in [0.1, 0.15) is 50.5 Å². The van der Waals surface area contributed by atoms with E-state index in [-0.39, 0.29) is 30.2 Å². The molecule has 3 rings (SSSR count). The first kappa shape index (κ1) is 18.4. The van der Waals surface area contributed by atoms with E-state index < -0.39 is 0 Å². The van der Waals surface area contributed by atoms with Gasteiger partial charge in [-0.25, -0.2) is 0 Å².